The van der Waals surface area contributed by atoms with Gasteiger partial charge in [0, 0.05) is 6.54 Å². The molecular formula is C21H24N2O5. The predicted molar refractivity (Wildman–Crippen MR) is 104 cm³/mol. The maximum atomic E-state index is 12.3. The first-order chi connectivity index (χ1) is 13.6. The summed E-state index contributed by atoms with van der Waals surface area (Å²) in [4.78, 5) is 35.5. The van der Waals surface area contributed by atoms with Crippen LogP contribution in [0.15, 0.2) is 54.6 Å². The van der Waals surface area contributed by atoms with Gasteiger partial charge in [0.25, 0.3) is 5.91 Å². The molecular weight excluding hydrogens is 360 g/mol. The summed E-state index contributed by atoms with van der Waals surface area (Å²) in [6, 6.07) is 16.2. The van der Waals surface area contributed by atoms with Gasteiger partial charge in [-0.15, -0.1) is 0 Å². The van der Waals surface area contributed by atoms with Crippen molar-refractivity contribution in [3.63, 3.8) is 0 Å². The Morgan fingerprint density at radius 1 is 0.893 bits per heavy atom. The highest BCUT2D eigenvalue weighted by Crippen LogP contribution is 2.20. The number of nitrogens with one attached hydrogen (secondary N) is 2. The second-order valence-corrected chi connectivity index (χ2v) is 5.97. The molecule has 0 radical (unpaired) electrons. The van der Waals surface area contributed by atoms with Crippen molar-refractivity contribution in [1.29, 1.82) is 0 Å². The number of hydrogen-bond acceptors (Lipinski definition) is 5. The van der Waals surface area contributed by atoms with Crippen molar-refractivity contribution in [3.05, 3.63) is 65.7 Å². The number of ether oxygens (including phenoxy) is 2. The fourth-order valence-corrected chi connectivity index (χ4v) is 2.26. The summed E-state index contributed by atoms with van der Waals surface area (Å²) >= 11 is 0. The molecule has 0 aromatic heterocycles. The molecule has 2 aromatic rings. The third-order valence-corrected chi connectivity index (χ3v) is 3.70. The van der Waals surface area contributed by atoms with Crippen LogP contribution < -0.4 is 15.4 Å². The molecule has 0 saturated carbocycles. The molecule has 2 aromatic carbocycles. The van der Waals surface area contributed by atoms with Crippen LogP contribution in [0.3, 0.4) is 0 Å². The average molecular weight is 384 g/mol. The van der Waals surface area contributed by atoms with E-state index in [4.69, 9.17) is 9.47 Å². The Morgan fingerprint density at radius 3 is 2.36 bits per heavy atom. The molecule has 2 amide bonds. The molecule has 2 rings (SSSR count). The smallest absolute Gasteiger partial charge is 0.342 e. The Bertz CT molecular complexity index is 792. The van der Waals surface area contributed by atoms with Crippen molar-refractivity contribution in [2.75, 3.05) is 19.7 Å². The van der Waals surface area contributed by atoms with Crippen LogP contribution in [0.2, 0.25) is 0 Å². The van der Waals surface area contributed by atoms with Gasteiger partial charge < -0.3 is 20.1 Å². The minimum Gasteiger partial charge on any atom is -0.488 e. The first kappa shape index (κ1) is 21.0. The lowest BCUT2D eigenvalue weighted by Crippen LogP contribution is -2.38. The molecule has 0 bridgehead atoms. The number of benzene rings is 2. The molecule has 0 aliphatic heterocycles. The maximum Gasteiger partial charge on any atom is 0.342 e. The zero-order valence-corrected chi connectivity index (χ0v) is 15.8. The van der Waals surface area contributed by atoms with Crippen LogP contribution in [0.4, 0.5) is 0 Å². The van der Waals surface area contributed by atoms with Gasteiger partial charge in [0.05, 0.1) is 6.54 Å². The molecule has 0 unspecified atom stereocenters. The van der Waals surface area contributed by atoms with E-state index < -0.39 is 18.5 Å². The van der Waals surface area contributed by atoms with Crippen molar-refractivity contribution in [2.24, 2.45) is 0 Å². The van der Waals surface area contributed by atoms with Gasteiger partial charge in [0.15, 0.2) is 6.61 Å². The van der Waals surface area contributed by atoms with Crippen molar-refractivity contribution >= 4 is 17.8 Å². The van der Waals surface area contributed by atoms with Crippen molar-refractivity contribution in [1.82, 2.24) is 10.6 Å². The zero-order chi connectivity index (χ0) is 20.2. The van der Waals surface area contributed by atoms with Gasteiger partial charge in [-0.2, -0.15) is 0 Å². The summed E-state index contributed by atoms with van der Waals surface area (Å²) < 4.78 is 10.7. The first-order valence-electron chi connectivity index (χ1n) is 9.06. The molecule has 28 heavy (non-hydrogen) atoms. The van der Waals surface area contributed by atoms with Crippen LogP contribution >= 0.6 is 0 Å². The van der Waals surface area contributed by atoms with Gasteiger partial charge in [-0.3, -0.25) is 9.59 Å². The third kappa shape index (κ3) is 7.11. The Balaban J connectivity index is 1.83. The van der Waals surface area contributed by atoms with E-state index in [1.54, 1.807) is 24.3 Å². The van der Waals surface area contributed by atoms with Gasteiger partial charge in [0.2, 0.25) is 5.91 Å². The van der Waals surface area contributed by atoms with Gasteiger partial charge in [-0.25, -0.2) is 4.79 Å². The van der Waals surface area contributed by atoms with Gasteiger partial charge in [0.1, 0.15) is 17.9 Å². The largest absolute Gasteiger partial charge is 0.488 e. The van der Waals surface area contributed by atoms with Crippen LogP contribution in [-0.4, -0.2) is 37.5 Å². The molecule has 0 saturated heterocycles. The minimum atomic E-state index is -0.672. The molecule has 148 valence electrons. The lowest BCUT2D eigenvalue weighted by molar-refractivity contribution is -0.127. The number of amides is 2. The standard InChI is InChI=1S/C21H24N2O5/c1-2-12-22-19(24)13-23-20(25)15-28-21(26)17-10-6-7-11-18(17)27-14-16-8-4-3-5-9-16/h3-11H,2,12-15H2,1H3,(H,22,24)(H,23,25). The molecule has 2 N–H and O–H groups in total. The summed E-state index contributed by atoms with van der Waals surface area (Å²) in [5.74, 6) is -1.14. The van der Waals surface area contributed by atoms with Gasteiger partial charge in [-0.05, 0) is 24.1 Å². The normalized spacial score (nSPS) is 10.0. The van der Waals surface area contributed by atoms with E-state index in [9.17, 15) is 14.4 Å². The fraction of sp³-hybridized carbons (Fsp3) is 0.286. The molecule has 0 atom stereocenters. The highest BCUT2D eigenvalue weighted by molar-refractivity contribution is 5.94. The topological polar surface area (TPSA) is 93.7 Å². The number of carbonyl (C=O) groups excluding carboxylic acids is 3. The monoisotopic (exact) mass is 384 g/mol. The van der Waals surface area contributed by atoms with E-state index >= 15 is 0 Å². The molecule has 0 heterocycles. The lowest BCUT2D eigenvalue weighted by atomic mass is 10.2. The van der Waals surface area contributed by atoms with E-state index in [-0.39, 0.29) is 18.0 Å². The number of esters is 1. The summed E-state index contributed by atoms with van der Waals surface area (Å²) in [7, 11) is 0. The third-order valence-electron chi connectivity index (χ3n) is 3.70. The van der Waals surface area contributed by atoms with Crippen LogP contribution in [0.5, 0.6) is 5.75 Å². The Hall–Kier alpha value is -3.35. The summed E-state index contributed by atoms with van der Waals surface area (Å²) in [6.07, 6.45) is 0.809. The van der Waals surface area contributed by atoms with Crippen LogP contribution in [-0.2, 0) is 20.9 Å². The van der Waals surface area contributed by atoms with E-state index in [1.165, 1.54) is 0 Å². The molecule has 7 heteroatoms. The summed E-state index contributed by atoms with van der Waals surface area (Å²) in [6.45, 7) is 2.14. The Kier molecular flexibility index (Phi) is 8.52. The summed E-state index contributed by atoms with van der Waals surface area (Å²) in [5.41, 5.74) is 1.19. The molecule has 0 fully saturated rings. The van der Waals surface area contributed by atoms with E-state index in [1.807, 2.05) is 37.3 Å². The number of hydrogen-bond donors (Lipinski definition) is 2. The number of rotatable bonds is 10. The molecule has 7 nitrogen and oxygen atoms in total. The molecule has 0 spiro atoms. The van der Waals surface area contributed by atoms with Crippen molar-refractivity contribution in [3.8, 4) is 5.75 Å². The maximum absolute atomic E-state index is 12.3. The minimum absolute atomic E-state index is 0.160. The van der Waals surface area contributed by atoms with Gasteiger partial charge in [-0.1, -0.05) is 49.4 Å². The Morgan fingerprint density at radius 2 is 1.61 bits per heavy atom. The Labute approximate surface area is 164 Å². The van der Waals surface area contributed by atoms with Crippen molar-refractivity contribution < 1.29 is 23.9 Å². The van der Waals surface area contributed by atoms with E-state index in [0.717, 1.165) is 12.0 Å². The first-order valence-corrected chi connectivity index (χ1v) is 9.06. The average Bonchev–Trinajstić information content (AvgIpc) is 2.74. The SMILES string of the molecule is CCCNC(=O)CNC(=O)COC(=O)c1ccccc1OCc1ccccc1. The fourth-order valence-electron chi connectivity index (χ4n) is 2.26. The second-order valence-electron chi connectivity index (χ2n) is 5.97. The molecule has 0 aliphatic carbocycles. The number of para-hydroxylation sites is 1. The van der Waals surface area contributed by atoms with E-state index in [0.29, 0.717) is 18.9 Å². The van der Waals surface area contributed by atoms with Gasteiger partial charge >= 0.3 is 5.97 Å². The van der Waals surface area contributed by atoms with Crippen LogP contribution in [0.1, 0.15) is 29.3 Å². The predicted octanol–water partition coefficient (Wildman–Crippen LogP) is 2.06. The highest BCUT2D eigenvalue weighted by atomic mass is 16.5. The highest BCUT2D eigenvalue weighted by Gasteiger charge is 2.15. The van der Waals surface area contributed by atoms with E-state index in [2.05, 4.69) is 10.6 Å². The van der Waals surface area contributed by atoms with Crippen molar-refractivity contribution in [2.45, 2.75) is 20.0 Å². The molecule has 0 aliphatic rings. The quantitative estimate of drug-likeness (QED) is 0.612. The van der Waals surface area contributed by atoms with Crippen LogP contribution in [0.25, 0.3) is 0 Å². The lowest BCUT2D eigenvalue weighted by Gasteiger charge is -2.11. The summed E-state index contributed by atoms with van der Waals surface area (Å²) in [5, 5.41) is 5.04. The number of carbonyl (C=O) groups is 3. The zero-order valence-electron chi connectivity index (χ0n) is 15.8. The van der Waals surface area contributed by atoms with Crippen LogP contribution in [0, 0.1) is 0 Å². The second kappa shape index (κ2) is 11.4.